The topological polar surface area (TPSA) is 35.3 Å². The molecule has 0 aliphatic carbocycles. The Morgan fingerprint density at radius 3 is 2.94 bits per heavy atom. The average Bonchev–Trinajstić information content (AvgIpc) is 2.78. The summed E-state index contributed by atoms with van der Waals surface area (Å²) in [6.07, 6.45) is 1.55. The first-order valence-corrected chi connectivity index (χ1v) is 5.91. The number of alkyl halides is 1. The predicted octanol–water partition coefficient (Wildman–Crippen LogP) is 3.85. The molecule has 0 N–H and O–H groups in total. The van der Waals surface area contributed by atoms with Crippen molar-refractivity contribution in [2.24, 2.45) is 0 Å². The zero-order valence-corrected chi connectivity index (χ0v) is 10.9. The molecule has 16 heavy (non-hydrogen) atoms. The van der Waals surface area contributed by atoms with Gasteiger partial charge in [0.2, 0.25) is 5.89 Å². The lowest BCUT2D eigenvalue weighted by atomic mass is 10.2. The minimum Gasteiger partial charge on any atom is -0.497 e. The van der Waals surface area contributed by atoms with Gasteiger partial charge < -0.3 is 9.15 Å². The molecule has 1 aromatic heterocycles. The van der Waals surface area contributed by atoms with Gasteiger partial charge in [0.05, 0.1) is 24.2 Å². The monoisotopic (exact) mass is 301 g/mol. The van der Waals surface area contributed by atoms with E-state index in [2.05, 4.69) is 20.9 Å². The zero-order valence-electron chi connectivity index (χ0n) is 8.54. The summed E-state index contributed by atoms with van der Waals surface area (Å²) in [4.78, 5) is 4.25. The number of nitrogens with zero attached hydrogens (tertiary/aromatic N) is 1. The lowest BCUT2D eigenvalue weighted by Crippen LogP contribution is -1.86. The van der Waals surface area contributed by atoms with Crippen molar-refractivity contribution in [3.63, 3.8) is 0 Å². The van der Waals surface area contributed by atoms with Crippen molar-refractivity contribution in [2.75, 3.05) is 7.11 Å². The van der Waals surface area contributed by atoms with E-state index in [-0.39, 0.29) is 0 Å². The van der Waals surface area contributed by atoms with Gasteiger partial charge in [0, 0.05) is 4.47 Å². The molecule has 0 unspecified atom stereocenters. The van der Waals surface area contributed by atoms with E-state index in [0.717, 1.165) is 15.8 Å². The first kappa shape index (κ1) is 11.5. The average molecular weight is 303 g/mol. The Labute approximate surface area is 107 Å². The molecule has 0 bridgehead atoms. The van der Waals surface area contributed by atoms with Crippen LogP contribution in [0.3, 0.4) is 0 Å². The highest BCUT2D eigenvalue weighted by Gasteiger charge is 2.11. The van der Waals surface area contributed by atoms with Gasteiger partial charge in [-0.2, -0.15) is 0 Å². The molecule has 1 heterocycles. The van der Waals surface area contributed by atoms with Crippen LogP contribution < -0.4 is 4.74 Å². The van der Waals surface area contributed by atoms with Crippen molar-refractivity contribution >= 4 is 27.5 Å². The second-order valence-corrected chi connectivity index (χ2v) is 4.25. The van der Waals surface area contributed by atoms with Gasteiger partial charge in [0.1, 0.15) is 12.0 Å². The van der Waals surface area contributed by atoms with Gasteiger partial charge in [-0.1, -0.05) is 0 Å². The number of hydrogen-bond acceptors (Lipinski definition) is 3. The SMILES string of the molecule is COc1ccc(Br)c(-c2nc(CCl)co2)c1. The van der Waals surface area contributed by atoms with Crippen molar-refractivity contribution in [1.29, 1.82) is 0 Å². The van der Waals surface area contributed by atoms with Crippen LogP contribution in [0.1, 0.15) is 5.69 Å². The quantitative estimate of drug-likeness (QED) is 0.808. The number of halogens is 2. The van der Waals surface area contributed by atoms with Crippen molar-refractivity contribution in [2.45, 2.75) is 5.88 Å². The van der Waals surface area contributed by atoms with Gasteiger partial charge in [0.25, 0.3) is 0 Å². The minimum absolute atomic E-state index is 0.338. The van der Waals surface area contributed by atoms with Crippen molar-refractivity contribution in [3.05, 3.63) is 34.6 Å². The summed E-state index contributed by atoms with van der Waals surface area (Å²) in [6, 6.07) is 5.60. The minimum atomic E-state index is 0.338. The van der Waals surface area contributed by atoms with Crippen LogP contribution in [0.5, 0.6) is 5.75 Å². The molecule has 0 spiro atoms. The van der Waals surface area contributed by atoms with Crippen molar-refractivity contribution in [1.82, 2.24) is 4.98 Å². The summed E-state index contributed by atoms with van der Waals surface area (Å²) in [5, 5.41) is 0. The third-order valence-corrected chi connectivity index (χ3v) is 3.06. The van der Waals surface area contributed by atoms with Crippen LogP contribution >= 0.6 is 27.5 Å². The van der Waals surface area contributed by atoms with Gasteiger partial charge >= 0.3 is 0 Å². The molecule has 0 fully saturated rings. The molecule has 0 radical (unpaired) electrons. The van der Waals surface area contributed by atoms with Crippen LogP contribution in [-0.2, 0) is 5.88 Å². The highest BCUT2D eigenvalue weighted by atomic mass is 79.9. The Bertz CT molecular complexity index is 498. The van der Waals surface area contributed by atoms with E-state index in [1.807, 2.05) is 18.2 Å². The molecule has 0 amide bonds. The second-order valence-electron chi connectivity index (χ2n) is 3.12. The van der Waals surface area contributed by atoms with Crippen LogP contribution in [-0.4, -0.2) is 12.1 Å². The molecule has 84 valence electrons. The van der Waals surface area contributed by atoms with E-state index in [1.165, 1.54) is 0 Å². The number of benzene rings is 1. The Morgan fingerprint density at radius 1 is 1.50 bits per heavy atom. The summed E-state index contributed by atoms with van der Waals surface area (Å²) in [7, 11) is 1.62. The summed E-state index contributed by atoms with van der Waals surface area (Å²) in [5.41, 5.74) is 1.56. The van der Waals surface area contributed by atoms with E-state index < -0.39 is 0 Å². The molecule has 0 atom stereocenters. The molecule has 0 aliphatic rings. The molecule has 0 saturated heterocycles. The van der Waals surface area contributed by atoms with Gasteiger partial charge in [-0.15, -0.1) is 11.6 Å². The van der Waals surface area contributed by atoms with Gasteiger partial charge in [-0.3, -0.25) is 0 Å². The Hall–Kier alpha value is -1.00. The number of rotatable bonds is 3. The Morgan fingerprint density at radius 2 is 2.31 bits per heavy atom. The third kappa shape index (κ3) is 2.23. The summed E-state index contributed by atoms with van der Waals surface area (Å²) in [5.74, 6) is 1.62. The maximum Gasteiger partial charge on any atom is 0.227 e. The van der Waals surface area contributed by atoms with Crippen LogP contribution in [0.4, 0.5) is 0 Å². The maximum atomic E-state index is 5.67. The highest BCUT2D eigenvalue weighted by molar-refractivity contribution is 9.10. The fourth-order valence-corrected chi connectivity index (χ4v) is 1.83. The van der Waals surface area contributed by atoms with Gasteiger partial charge in [-0.05, 0) is 34.1 Å². The molecule has 0 saturated carbocycles. The van der Waals surface area contributed by atoms with Gasteiger partial charge in [-0.25, -0.2) is 4.98 Å². The standard InChI is InChI=1S/C11H9BrClNO2/c1-15-8-2-3-10(12)9(4-8)11-14-7(5-13)6-16-11/h2-4,6H,5H2,1H3. The number of hydrogen-bond donors (Lipinski definition) is 0. The molecule has 2 aromatic rings. The van der Waals surface area contributed by atoms with Crippen LogP contribution in [0.25, 0.3) is 11.5 Å². The highest BCUT2D eigenvalue weighted by Crippen LogP contribution is 2.31. The maximum absolute atomic E-state index is 5.67. The Kier molecular flexibility index (Phi) is 3.51. The van der Waals surface area contributed by atoms with Crippen LogP contribution in [0.2, 0.25) is 0 Å². The summed E-state index contributed by atoms with van der Waals surface area (Å²) in [6.45, 7) is 0. The van der Waals surface area contributed by atoms with Gasteiger partial charge in [0.15, 0.2) is 0 Å². The predicted molar refractivity (Wildman–Crippen MR) is 65.7 cm³/mol. The molecular formula is C11H9BrClNO2. The largest absolute Gasteiger partial charge is 0.497 e. The van der Waals surface area contributed by atoms with Crippen LogP contribution in [0.15, 0.2) is 33.4 Å². The number of oxazole rings is 1. The number of aromatic nitrogens is 1. The molecule has 2 rings (SSSR count). The molecule has 3 nitrogen and oxygen atoms in total. The first-order chi connectivity index (χ1) is 7.74. The molecular weight excluding hydrogens is 293 g/mol. The second kappa shape index (κ2) is 4.89. The molecule has 1 aromatic carbocycles. The summed E-state index contributed by atoms with van der Waals surface area (Å²) >= 11 is 9.11. The fourth-order valence-electron chi connectivity index (χ4n) is 1.29. The lowest BCUT2D eigenvalue weighted by molar-refractivity contribution is 0.414. The molecule has 5 heteroatoms. The zero-order chi connectivity index (χ0) is 11.5. The van der Waals surface area contributed by atoms with Crippen molar-refractivity contribution in [3.8, 4) is 17.2 Å². The number of ether oxygens (including phenoxy) is 1. The fraction of sp³-hybridized carbons (Fsp3) is 0.182. The van der Waals surface area contributed by atoms with E-state index in [4.69, 9.17) is 20.8 Å². The van der Waals surface area contributed by atoms with E-state index in [1.54, 1.807) is 13.4 Å². The molecule has 0 aliphatic heterocycles. The van der Waals surface area contributed by atoms with Crippen LogP contribution in [0, 0.1) is 0 Å². The van der Waals surface area contributed by atoms with E-state index in [0.29, 0.717) is 17.5 Å². The normalized spacial score (nSPS) is 10.4. The third-order valence-electron chi connectivity index (χ3n) is 2.09. The summed E-state index contributed by atoms with van der Waals surface area (Å²) < 4.78 is 11.4. The van der Waals surface area contributed by atoms with E-state index in [9.17, 15) is 0 Å². The first-order valence-electron chi connectivity index (χ1n) is 4.59. The lowest BCUT2D eigenvalue weighted by Gasteiger charge is -2.03. The van der Waals surface area contributed by atoms with E-state index >= 15 is 0 Å². The smallest absolute Gasteiger partial charge is 0.227 e. The van der Waals surface area contributed by atoms with Crippen molar-refractivity contribution < 1.29 is 9.15 Å². The number of methoxy groups -OCH3 is 1. The Balaban J connectivity index is 2.45.